The molecule has 92 valence electrons. The maximum absolute atomic E-state index is 4.31. The number of nitrogens with one attached hydrogen (secondary N) is 1. The normalized spacial score (nSPS) is 13.3. The van der Waals surface area contributed by atoms with Gasteiger partial charge in [0.2, 0.25) is 0 Å². The van der Waals surface area contributed by atoms with E-state index in [-0.39, 0.29) is 0 Å². The Kier molecular flexibility index (Phi) is 5.91. The summed E-state index contributed by atoms with van der Waals surface area (Å²) in [6.07, 6.45) is 5.09. The molecule has 1 aromatic rings. The van der Waals surface area contributed by atoms with Crippen LogP contribution in [0.15, 0.2) is 17.6 Å². The van der Waals surface area contributed by atoms with E-state index in [1.54, 1.807) is 0 Å². The maximum atomic E-state index is 4.31. The highest BCUT2D eigenvalue weighted by Crippen LogP contribution is 2.19. The van der Waals surface area contributed by atoms with Crippen LogP contribution < -0.4 is 5.32 Å². The summed E-state index contributed by atoms with van der Waals surface area (Å²) in [6, 6.07) is 0. The summed E-state index contributed by atoms with van der Waals surface area (Å²) in [5, 5.41) is 5.15. The molecule has 1 unspecified atom stereocenters. The minimum Gasteiger partial charge on any atom is -0.329 e. The van der Waals surface area contributed by atoms with E-state index in [0.717, 1.165) is 24.2 Å². The second kappa shape index (κ2) is 6.97. The minimum absolute atomic E-state index is 0.563. The highest BCUT2D eigenvalue weighted by atomic mass is 32.2. The van der Waals surface area contributed by atoms with E-state index >= 15 is 0 Å². The van der Waals surface area contributed by atoms with Gasteiger partial charge in [0.25, 0.3) is 0 Å². The van der Waals surface area contributed by atoms with E-state index in [0.29, 0.717) is 5.25 Å². The summed E-state index contributed by atoms with van der Waals surface area (Å²) in [6.45, 7) is 8.91. The number of hydrogen-bond donors (Lipinski definition) is 1. The minimum atomic E-state index is 0.563. The first-order valence-electron chi connectivity index (χ1n) is 5.94. The quantitative estimate of drug-likeness (QED) is 0.588. The molecular weight excluding hydrogens is 218 g/mol. The fourth-order valence-electron chi connectivity index (χ4n) is 1.38. The van der Waals surface area contributed by atoms with Gasteiger partial charge >= 0.3 is 0 Å². The predicted octanol–water partition coefficient (Wildman–Crippen LogP) is 2.54. The number of thioether (sulfide) groups is 1. The molecule has 0 aliphatic heterocycles. The van der Waals surface area contributed by atoms with Crippen molar-refractivity contribution in [3.05, 3.63) is 12.4 Å². The number of rotatable bonds is 7. The van der Waals surface area contributed by atoms with Gasteiger partial charge in [-0.2, -0.15) is 0 Å². The van der Waals surface area contributed by atoms with Gasteiger partial charge in [0.05, 0.1) is 0 Å². The lowest BCUT2D eigenvalue weighted by Gasteiger charge is -2.12. The Hall–Kier alpha value is -0.480. The highest BCUT2D eigenvalue weighted by molar-refractivity contribution is 7.99. The molecule has 1 atom stereocenters. The van der Waals surface area contributed by atoms with Crippen LogP contribution in [0.3, 0.4) is 0 Å². The van der Waals surface area contributed by atoms with E-state index < -0.39 is 0 Å². The van der Waals surface area contributed by atoms with Crippen LogP contribution in [-0.2, 0) is 7.05 Å². The van der Waals surface area contributed by atoms with Gasteiger partial charge in [-0.25, -0.2) is 4.98 Å². The molecule has 1 aromatic heterocycles. The third-order valence-corrected chi connectivity index (χ3v) is 3.59. The van der Waals surface area contributed by atoms with Crippen LogP contribution in [0.1, 0.15) is 27.2 Å². The fourth-order valence-corrected chi connectivity index (χ4v) is 2.29. The Morgan fingerprint density at radius 1 is 1.44 bits per heavy atom. The average molecular weight is 241 g/mol. The zero-order valence-corrected chi connectivity index (χ0v) is 11.5. The second-order valence-electron chi connectivity index (χ2n) is 4.64. The summed E-state index contributed by atoms with van der Waals surface area (Å²) in [5.41, 5.74) is 0. The van der Waals surface area contributed by atoms with Gasteiger partial charge < -0.3 is 9.88 Å². The topological polar surface area (TPSA) is 29.9 Å². The molecule has 0 saturated carbocycles. The molecule has 0 amide bonds. The van der Waals surface area contributed by atoms with Crippen LogP contribution in [0.25, 0.3) is 0 Å². The molecular formula is C12H23N3S. The average Bonchev–Trinajstić information content (AvgIpc) is 2.59. The van der Waals surface area contributed by atoms with Gasteiger partial charge in [-0.1, -0.05) is 32.5 Å². The standard InChI is InChI=1S/C12H23N3S/c1-10(2)5-6-13-9-11(3)16-12-14-7-8-15(12)4/h7-8,10-11,13H,5-6,9H2,1-4H3. The first-order valence-corrected chi connectivity index (χ1v) is 6.82. The van der Waals surface area contributed by atoms with Gasteiger partial charge in [0, 0.05) is 31.2 Å². The summed E-state index contributed by atoms with van der Waals surface area (Å²) in [4.78, 5) is 4.31. The second-order valence-corrected chi connectivity index (χ2v) is 6.04. The molecule has 1 N–H and O–H groups in total. The van der Waals surface area contributed by atoms with Crippen molar-refractivity contribution in [1.29, 1.82) is 0 Å². The molecule has 16 heavy (non-hydrogen) atoms. The van der Waals surface area contributed by atoms with E-state index in [9.17, 15) is 0 Å². The van der Waals surface area contributed by atoms with Crippen molar-refractivity contribution in [2.75, 3.05) is 13.1 Å². The molecule has 3 nitrogen and oxygen atoms in total. The predicted molar refractivity (Wildman–Crippen MR) is 70.9 cm³/mol. The first-order chi connectivity index (χ1) is 7.59. The van der Waals surface area contributed by atoms with Gasteiger partial charge in [-0.05, 0) is 18.9 Å². The van der Waals surface area contributed by atoms with E-state index in [2.05, 4.69) is 35.6 Å². The Balaban J connectivity index is 2.16. The van der Waals surface area contributed by atoms with Crippen LogP contribution in [-0.4, -0.2) is 27.9 Å². The Labute approximate surface area is 103 Å². The molecule has 0 aliphatic carbocycles. The molecule has 0 aromatic carbocycles. The van der Waals surface area contributed by atoms with Crippen molar-refractivity contribution in [2.24, 2.45) is 13.0 Å². The largest absolute Gasteiger partial charge is 0.329 e. The van der Waals surface area contributed by atoms with E-state index in [4.69, 9.17) is 0 Å². The monoisotopic (exact) mass is 241 g/mol. The lowest BCUT2D eigenvalue weighted by Crippen LogP contribution is -2.24. The van der Waals surface area contributed by atoms with Crippen LogP contribution in [0, 0.1) is 5.92 Å². The first kappa shape index (κ1) is 13.6. The summed E-state index contributed by atoms with van der Waals surface area (Å²) in [7, 11) is 2.04. The SMILES string of the molecule is CC(C)CCNCC(C)Sc1nccn1C. The van der Waals surface area contributed by atoms with Crippen molar-refractivity contribution >= 4 is 11.8 Å². The van der Waals surface area contributed by atoms with Crippen molar-refractivity contribution in [1.82, 2.24) is 14.9 Å². The summed E-state index contributed by atoms with van der Waals surface area (Å²) >= 11 is 1.83. The molecule has 0 radical (unpaired) electrons. The maximum Gasteiger partial charge on any atom is 0.167 e. The van der Waals surface area contributed by atoms with E-state index in [1.165, 1.54) is 6.42 Å². The van der Waals surface area contributed by atoms with Crippen LogP contribution in [0.4, 0.5) is 0 Å². The molecule has 0 saturated heterocycles. The number of nitrogens with zero attached hydrogens (tertiary/aromatic N) is 2. The third kappa shape index (κ3) is 5.03. The summed E-state index contributed by atoms with van der Waals surface area (Å²) in [5.74, 6) is 0.782. The van der Waals surface area contributed by atoms with Crippen molar-refractivity contribution in [3.63, 3.8) is 0 Å². The molecule has 4 heteroatoms. The molecule has 1 heterocycles. The summed E-state index contributed by atoms with van der Waals surface area (Å²) < 4.78 is 2.06. The lowest BCUT2D eigenvalue weighted by atomic mass is 10.1. The number of imidazole rings is 1. The number of hydrogen-bond acceptors (Lipinski definition) is 3. The molecule has 0 spiro atoms. The van der Waals surface area contributed by atoms with Gasteiger partial charge in [-0.3, -0.25) is 0 Å². The number of aryl methyl sites for hydroxylation is 1. The molecule has 1 rings (SSSR count). The van der Waals surface area contributed by atoms with Crippen molar-refractivity contribution in [2.45, 2.75) is 37.6 Å². The Morgan fingerprint density at radius 3 is 2.75 bits per heavy atom. The van der Waals surface area contributed by atoms with Crippen LogP contribution in [0.5, 0.6) is 0 Å². The molecule has 0 bridgehead atoms. The van der Waals surface area contributed by atoms with Gasteiger partial charge in [-0.15, -0.1) is 0 Å². The van der Waals surface area contributed by atoms with Crippen molar-refractivity contribution in [3.8, 4) is 0 Å². The zero-order valence-electron chi connectivity index (χ0n) is 10.7. The highest BCUT2D eigenvalue weighted by Gasteiger charge is 2.07. The smallest absolute Gasteiger partial charge is 0.167 e. The molecule has 0 fully saturated rings. The number of aromatic nitrogens is 2. The zero-order chi connectivity index (χ0) is 12.0. The van der Waals surface area contributed by atoms with E-state index in [1.807, 2.05) is 31.2 Å². The Bertz CT molecular complexity index is 296. The van der Waals surface area contributed by atoms with Gasteiger partial charge in [0.15, 0.2) is 5.16 Å². The Morgan fingerprint density at radius 2 is 2.19 bits per heavy atom. The van der Waals surface area contributed by atoms with Crippen LogP contribution >= 0.6 is 11.8 Å². The molecule has 0 aliphatic rings. The lowest BCUT2D eigenvalue weighted by molar-refractivity contribution is 0.538. The van der Waals surface area contributed by atoms with Crippen LogP contribution in [0.2, 0.25) is 0 Å². The van der Waals surface area contributed by atoms with Crippen molar-refractivity contribution < 1.29 is 0 Å². The third-order valence-electron chi connectivity index (χ3n) is 2.41. The fraction of sp³-hybridized carbons (Fsp3) is 0.750. The van der Waals surface area contributed by atoms with Gasteiger partial charge in [0.1, 0.15) is 0 Å².